The monoisotopic (exact) mass is 249 g/mol. The van der Waals surface area contributed by atoms with E-state index in [0.717, 1.165) is 13.0 Å². The Morgan fingerprint density at radius 1 is 1.56 bits per heavy atom. The number of amides is 1. The molecule has 2 N–H and O–H groups in total. The standard InChI is InChI=1S/C12H15N3O3/c1-8(16)14-10-3-5-15(7-10)11-6-9(12(17)18)2-4-13-11/h2,4,6,10H,3,5,7H2,1H3,(H,14,16)(H,17,18). The van der Waals surface area contributed by atoms with Crippen LogP contribution >= 0.6 is 0 Å². The first-order valence-corrected chi connectivity index (χ1v) is 5.77. The first kappa shape index (κ1) is 12.3. The van der Waals surface area contributed by atoms with E-state index in [1.54, 1.807) is 6.07 Å². The van der Waals surface area contributed by atoms with Crippen molar-refractivity contribution in [2.75, 3.05) is 18.0 Å². The summed E-state index contributed by atoms with van der Waals surface area (Å²) in [7, 11) is 0. The van der Waals surface area contributed by atoms with Gasteiger partial charge >= 0.3 is 5.97 Å². The van der Waals surface area contributed by atoms with E-state index in [-0.39, 0.29) is 17.5 Å². The van der Waals surface area contributed by atoms with E-state index in [0.29, 0.717) is 12.4 Å². The van der Waals surface area contributed by atoms with E-state index in [4.69, 9.17) is 5.11 Å². The molecular formula is C12H15N3O3. The summed E-state index contributed by atoms with van der Waals surface area (Å²) in [6, 6.07) is 3.13. The fourth-order valence-corrected chi connectivity index (χ4v) is 2.10. The summed E-state index contributed by atoms with van der Waals surface area (Å²) in [4.78, 5) is 28.0. The van der Waals surface area contributed by atoms with Gasteiger partial charge in [-0.3, -0.25) is 4.79 Å². The topological polar surface area (TPSA) is 82.5 Å². The van der Waals surface area contributed by atoms with Crippen molar-refractivity contribution in [3.05, 3.63) is 23.9 Å². The minimum atomic E-state index is -0.962. The zero-order valence-corrected chi connectivity index (χ0v) is 10.1. The summed E-state index contributed by atoms with van der Waals surface area (Å²) >= 11 is 0. The van der Waals surface area contributed by atoms with Crippen LogP contribution in [-0.2, 0) is 4.79 Å². The smallest absolute Gasteiger partial charge is 0.335 e. The molecule has 0 bridgehead atoms. The van der Waals surface area contributed by atoms with Gasteiger partial charge in [-0.05, 0) is 18.6 Å². The molecule has 6 nitrogen and oxygen atoms in total. The number of aromatic nitrogens is 1. The van der Waals surface area contributed by atoms with Gasteiger partial charge in [0.05, 0.1) is 5.56 Å². The van der Waals surface area contributed by atoms with Crippen LogP contribution in [0, 0.1) is 0 Å². The second-order valence-corrected chi connectivity index (χ2v) is 4.34. The Morgan fingerprint density at radius 3 is 3.00 bits per heavy atom. The highest BCUT2D eigenvalue weighted by Crippen LogP contribution is 2.19. The molecule has 6 heteroatoms. The molecule has 1 saturated heterocycles. The van der Waals surface area contributed by atoms with E-state index in [1.165, 1.54) is 19.2 Å². The van der Waals surface area contributed by atoms with Gasteiger partial charge in [-0.15, -0.1) is 0 Å². The van der Waals surface area contributed by atoms with Gasteiger partial charge in [0.15, 0.2) is 0 Å². The van der Waals surface area contributed by atoms with Gasteiger partial charge in [0.2, 0.25) is 5.91 Å². The molecule has 0 spiro atoms. The maximum Gasteiger partial charge on any atom is 0.335 e. The van der Waals surface area contributed by atoms with Crippen LogP contribution < -0.4 is 10.2 Å². The van der Waals surface area contributed by atoms with Crippen LogP contribution in [0.2, 0.25) is 0 Å². The van der Waals surface area contributed by atoms with Crippen molar-refractivity contribution in [2.24, 2.45) is 0 Å². The van der Waals surface area contributed by atoms with E-state index >= 15 is 0 Å². The normalized spacial score (nSPS) is 18.7. The summed E-state index contributed by atoms with van der Waals surface area (Å²) in [6.45, 7) is 2.92. The third kappa shape index (κ3) is 2.77. The summed E-state index contributed by atoms with van der Waals surface area (Å²) in [5.74, 6) is -0.367. The number of rotatable bonds is 3. The number of carboxylic acids is 1. The number of nitrogens with zero attached hydrogens (tertiary/aromatic N) is 2. The first-order valence-electron chi connectivity index (χ1n) is 5.77. The Kier molecular flexibility index (Phi) is 3.45. The van der Waals surface area contributed by atoms with E-state index in [9.17, 15) is 9.59 Å². The van der Waals surface area contributed by atoms with Crippen molar-refractivity contribution in [3.8, 4) is 0 Å². The lowest BCUT2D eigenvalue weighted by Crippen LogP contribution is -2.35. The van der Waals surface area contributed by atoms with Crippen LogP contribution in [0.1, 0.15) is 23.7 Å². The predicted octanol–water partition coefficient (Wildman–Crippen LogP) is 0.495. The number of hydrogen-bond donors (Lipinski definition) is 2. The summed E-state index contributed by atoms with van der Waals surface area (Å²) in [5, 5.41) is 11.8. The van der Waals surface area contributed by atoms with Crippen LogP contribution in [-0.4, -0.2) is 41.1 Å². The van der Waals surface area contributed by atoms with Crippen molar-refractivity contribution in [1.82, 2.24) is 10.3 Å². The summed E-state index contributed by atoms with van der Waals surface area (Å²) in [5.41, 5.74) is 0.225. The SMILES string of the molecule is CC(=O)NC1CCN(c2cc(C(=O)O)ccn2)C1. The number of aromatic carboxylic acids is 1. The van der Waals surface area contributed by atoms with Gasteiger partial charge in [-0.2, -0.15) is 0 Å². The lowest BCUT2D eigenvalue weighted by atomic mass is 10.2. The van der Waals surface area contributed by atoms with Gasteiger partial charge in [-0.1, -0.05) is 0 Å². The number of hydrogen-bond acceptors (Lipinski definition) is 4. The average molecular weight is 249 g/mol. The number of carbonyl (C=O) groups excluding carboxylic acids is 1. The zero-order chi connectivity index (χ0) is 13.1. The molecule has 1 aliphatic rings. The number of carbonyl (C=O) groups is 2. The maximum atomic E-state index is 11.0. The fourth-order valence-electron chi connectivity index (χ4n) is 2.10. The van der Waals surface area contributed by atoms with Crippen LogP contribution in [0.5, 0.6) is 0 Å². The fraction of sp³-hybridized carbons (Fsp3) is 0.417. The minimum absolute atomic E-state index is 0.0471. The second kappa shape index (κ2) is 5.03. The van der Waals surface area contributed by atoms with Gasteiger partial charge in [-0.25, -0.2) is 9.78 Å². The third-order valence-corrected chi connectivity index (χ3v) is 2.91. The summed E-state index contributed by atoms with van der Waals surface area (Å²) < 4.78 is 0. The largest absolute Gasteiger partial charge is 0.478 e. The molecule has 96 valence electrons. The molecule has 1 fully saturated rings. The highest BCUT2D eigenvalue weighted by Gasteiger charge is 2.24. The quantitative estimate of drug-likeness (QED) is 0.815. The molecule has 18 heavy (non-hydrogen) atoms. The molecule has 1 aromatic rings. The Balaban J connectivity index is 2.07. The Morgan fingerprint density at radius 2 is 2.33 bits per heavy atom. The van der Waals surface area contributed by atoms with Gasteiger partial charge < -0.3 is 15.3 Å². The van der Waals surface area contributed by atoms with Crippen molar-refractivity contribution in [3.63, 3.8) is 0 Å². The van der Waals surface area contributed by atoms with Crippen LogP contribution in [0.25, 0.3) is 0 Å². The molecule has 0 saturated carbocycles. The molecule has 1 amide bonds. The molecule has 1 unspecified atom stereocenters. The van der Waals surface area contributed by atoms with Crippen molar-refractivity contribution < 1.29 is 14.7 Å². The highest BCUT2D eigenvalue weighted by molar-refractivity contribution is 5.88. The molecule has 2 heterocycles. The molecule has 1 aliphatic heterocycles. The van der Waals surface area contributed by atoms with E-state index in [1.807, 2.05) is 4.90 Å². The van der Waals surface area contributed by atoms with Gasteiger partial charge in [0.1, 0.15) is 5.82 Å². The zero-order valence-electron chi connectivity index (χ0n) is 10.1. The lowest BCUT2D eigenvalue weighted by molar-refractivity contribution is -0.119. The van der Waals surface area contributed by atoms with Crippen molar-refractivity contribution >= 4 is 17.7 Å². The second-order valence-electron chi connectivity index (χ2n) is 4.34. The molecule has 2 rings (SSSR count). The van der Waals surface area contributed by atoms with E-state index in [2.05, 4.69) is 10.3 Å². The predicted molar refractivity (Wildman–Crippen MR) is 65.6 cm³/mol. The Hall–Kier alpha value is -2.11. The van der Waals surface area contributed by atoms with Gasteiger partial charge in [0.25, 0.3) is 0 Å². The number of anilines is 1. The van der Waals surface area contributed by atoms with Crippen molar-refractivity contribution in [1.29, 1.82) is 0 Å². The third-order valence-electron chi connectivity index (χ3n) is 2.91. The summed E-state index contributed by atoms with van der Waals surface area (Å²) in [6.07, 6.45) is 2.34. The van der Waals surface area contributed by atoms with Crippen molar-refractivity contribution in [2.45, 2.75) is 19.4 Å². The Labute approximate surface area is 105 Å². The number of pyridine rings is 1. The molecular weight excluding hydrogens is 234 g/mol. The molecule has 0 aromatic carbocycles. The Bertz CT molecular complexity index is 475. The first-order chi connectivity index (χ1) is 8.56. The van der Waals surface area contributed by atoms with Crippen LogP contribution in [0.4, 0.5) is 5.82 Å². The number of carboxylic acid groups (broad SMARTS) is 1. The molecule has 0 aliphatic carbocycles. The number of nitrogens with one attached hydrogen (secondary N) is 1. The average Bonchev–Trinajstić information content (AvgIpc) is 2.77. The molecule has 1 aromatic heterocycles. The lowest BCUT2D eigenvalue weighted by Gasteiger charge is -2.17. The van der Waals surface area contributed by atoms with Crippen LogP contribution in [0.15, 0.2) is 18.3 Å². The van der Waals surface area contributed by atoms with Crippen LogP contribution in [0.3, 0.4) is 0 Å². The van der Waals surface area contributed by atoms with Gasteiger partial charge in [0, 0.05) is 32.3 Å². The molecule has 0 radical (unpaired) electrons. The maximum absolute atomic E-state index is 11.0. The highest BCUT2D eigenvalue weighted by atomic mass is 16.4. The van der Waals surface area contributed by atoms with E-state index < -0.39 is 5.97 Å². The molecule has 1 atom stereocenters. The minimum Gasteiger partial charge on any atom is -0.478 e.